The molecular formula is C21H35FN7O5P. The van der Waals surface area contributed by atoms with Crippen LogP contribution in [0.3, 0.4) is 0 Å². The number of hydrogen-bond acceptors (Lipinski definition) is 10. The van der Waals surface area contributed by atoms with Gasteiger partial charge in [0.15, 0.2) is 17.0 Å². The van der Waals surface area contributed by atoms with Gasteiger partial charge in [-0.3, -0.25) is 13.9 Å². The molecule has 12 nitrogen and oxygen atoms in total. The van der Waals surface area contributed by atoms with E-state index in [4.69, 9.17) is 19.7 Å². The summed E-state index contributed by atoms with van der Waals surface area (Å²) < 4.78 is 46.3. The molecule has 1 saturated heterocycles. The van der Waals surface area contributed by atoms with Crippen molar-refractivity contribution in [3.05, 3.63) is 6.33 Å². The third-order valence-electron chi connectivity index (χ3n) is 5.24. The highest BCUT2D eigenvalue weighted by Gasteiger charge is 2.48. The van der Waals surface area contributed by atoms with Crippen LogP contribution < -0.4 is 16.1 Å². The van der Waals surface area contributed by atoms with E-state index in [0.29, 0.717) is 17.0 Å². The van der Waals surface area contributed by atoms with Crippen LogP contribution in [0.25, 0.3) is 11.2 Å². The maximum Gasteiger partial charge on any atom is 0.323 e. The minimum atomic E-state index is -3.54. The number of anilines is 2. The fourth-order valence-electron chi connectivity index (χ4n) is 3.88. The van der Waals surface area contributed by atoms with Crippen molar-refractivity contribution in [2.75, 3.05) is 24.3 Å². The van der Waals surface area contributed by atoms with E-state index < -0.39 is 38.2 Å². The zero-order valence-electron chi connectivity index (χ0n) is 21.1. The number of carbonyl (C=O) groups excluding carboxylic acids is 1. The molecule has 0 bridgehead atoms. The average Bonchev–Trinajstić information content (AvgIpc) is 3.26. The number of fused-ring (bicyclic) bond motifs is 1. The Morgan fingerprint density at radius 1 is 1.37 bits per heavy atom. The molecule has 0 aliphatic carbocycles. The maximum atomic E-state index is 15.6. The van der Waals surface area contributed by atoms with Crippen LogP contribution in [0.5, 0.6) is 0 Å². The Bertz CT molecular complexity index is 1110. The first-order valence-electron chi connectivity index (χ1n) is 11.5. The summed E-state index contributed by atoms with van der Waals surface area (Å²) in [6.45, 7) is 11.3. The van der Waals surface area contributed by atoms with Crippen molar-refractivity contribution in [1.29, 1.82) is 0 Å². The van der Waals surface area contributed by atoms with Crippen LogP contribution in [-0.2, 0) is 23.4 Å². The molecule has 2 aromatic rings. The van der Waals surface area contributed by atoms with Gasteiger partial charge >= 0.3 is 5.97 Å². The third kappa shape index (κ3) is 6.66. The maximum absolute atomic E-state index is 15.6. The summed E-state index contributed by atoms with van der Waals surface area (Å²) in [5.74, 6) is -2.56. The van der Waals surface area contributed by atoms with E-state index in [1.165, 1.54) is 19.9 Å². The second-order valence-corrected chi connectivity index (χ2v) is 11.8. The fourth-order valence-corrected chi connectivity index (χ4v) is 5.20. The highest BCUT2D eigenvalue weighted by Crippen LogP contribution is 2.47. The van der Waals surface area contributed by atoms with E-state index in [-0.39, 0.29) is 30.4 Å². The summed E-state index contributed by atoms with van der Waals surface area (Å²) in [5.41, 5.74) is 6.78. The molecule has 0 saturated carbocycles. The second-order valence-electron chi connectivity index (χ2n) is 9.58. The number of esters is 1. The molecular weight excluding hydrogens is 480 g/mol. The van der Waals surface area contributed by atoms with Crippen LogP contribution in [0.4, 0.5) is 16.2 Å². The lowest BCUT2D eigenvalue weighted by Gasteiger charge is -2.25. The molecule has 0 aromatic carbocycles. The van der Waals surface area contributed by atoms with Gasteiger partial charge in [0.1, 0.15) is 18.9 Å². The molecule has 14 heteroatoms. The number of halogens is 1. The number of imidazole rings is 1. The topological polar surface area (TPSA) is 156 Å². The van der Waals surface area contributed by atoms with E-state index >= 15 is 4.39 Å². The second kappa shape index (κ2) is 10.3. The molecule has 0 amide bonds. The van der Waals surface area contributed by atoms with Gasteiger partial charge in [-0.15, -0.1) is 0 Å². The summed E-state index contributed by atoms with van der Waals surface area (Å²) >= 11 is 0. The number of aromatic nitrogens is 4. The van der Waals surface area contributed by atoms with Gasteiger partial charge in [0, 0.05) is 25.0 Å². The van der Waals surface area contributed by atoms with Crippen LogP contribution >= 0.6 is 7.52 Å². The lowest BCUT2D eigenvalue weighted by Crippen LogP contribution is -2.36. The molecule has 2 aromatic heterocycles. The zero-order valence-corrected chi connectivity index (χ0v) is 22.0. The molecule has 3 rings (SSSR count). The Balaban J connectivity index is 1.72. The largest absolute Gasteiger partial charge is 0.462 e. The van der Waals surface area contributed by atoms with Crippen LogP contribution in [0.15, 0.2) is 6.33 Å². The van der Waals surface area contributed by atoms with Gasteiger partial charge in [-0.05, 0) is 34.6 Å². The zero-order chi connectivity index (χ0) is 26.1. The molecule has 196 valence electrons. The molecule has 0 unspecified atom stereocenters. The number of carbonyl (C=O) groups is 1. The smallest absolute Gasteiger partial charge is 0.323 e. The van der Waals surface area contributed by atoms with Gasteiger partial charge in [-0.2, -0.15) is 9.97 Å². The van der Waals surface area contributed by atoms with Gasteiger partial charge in [0.25, 0.3) is 7.52 Å². The quantitative estimate of drug-likeness (QED) is 0.315. The van der Waals surface area contributed by atoms with Crippen LogP contribution in [0.2, 0.25) is 0 Å². The first-order chi connectivity index (χ1) is 16.2. The Morgan fingerprint density at radius 2 is 2.06 bits per heavy atom. The number of rotatable bonds is 10. The van der Waals surface area contributed by atoms with Crippen molar-refractivity contribution in [2.24, 2.45) is 5.92 Å². The Hall–Kier alpha value is -2.34. The van der Waals surface area contributed by atoms with Crippen molar-refractivity contribution in [3.63, 3.8) is 0 Å². The summed E-state index contributed by atoms with van der Waals surface area (Å²) in [4.78, 5) is 24.9. The number of ether oxygens (including phenoxy) is 2. The normalized spacial score (nSPS) is 25.2. The Morgan fingerprint density at radius 3 is 2.69 bits per heavy atom. The van der Waals surface area contributed by atoms with Gasteiger partial charge in [-0.1, -0.05) is 6.92 Å². The Kier molecular flexibility index (Phi) is 8.05. The number of nitrogens with one attached hydrogen (secondary N) is 2. The van der Waals surface area contributed by atoms with E-state index in [0.717, 1.165) is 0 Å². The number of alkyl halides is 1. The van der Waals surface area contributed by atoms with E-state index in [9.17, 15) is 9.36 Å². The van der Waals surface area contributed by atoms with Crippen molar-refractivity contribution in [2.45, 2.75) is 78.2 Å². The van der Waals surface area contributed by atoms with E-state index in [1.54, 1.807) is 18.4 Å². The minimum Gasteiger partial charge on any atom is -0.462 e. The molecule has 35 heavy (non-hydrogen) atoms. The Labute approximate surface area is 204 Å². The van der Waals surface area contributed by atoms with Crippen LogP contribution in [0, 0.1) is 5.92 Å². The molecule has 0 spiro atoms. The molecule has 4 N–H and O–H groups in total. The average molecular weight is 516 g/mol. The standard InChI is InChI=1S/C21H35FN7O5P/c1-11(2)25-16-15-17(27-20(23)26-16)29(10-24-15)18-13(5)8-21(22,34-18)9-32-35(7,31)28-14(6)19(30)33-12(3)4/h10-14,18H,8-9H2,1-7H3,(H,28,31)(H3,23,25,26,27)/t13-,14-,18+,21-,35-/m0/s1. The first kappa shape index (κ1) is 27.3. The van der Waals surface area contributed by atoms with Crippen LogP contribution in [0.1, 0.15) is 54.2 Å². The molecule has 1 aliphatic rings. The first-order valence-corrected chi connectivity index (χ1v) is 13.6. The lowest BCUT2D eigenvalue weighted by atomic mass is 10.1. The van der Waals surface area contributed by atoms with E-state index in [2.05, 4.69) is 25.4 Å². The summed E-state index contributed by atoms with van der Waals surface area (Å²) in [6.07, 6.45) is 0.422. The summed E-state index contributed by atoms with van der Waals surface area (Å²) in [5, 5.41) is 5.77. The van der Waals surface area contributed by atoms with Crippen molar-refractivity contribution < 1.29 is 27.7 Å². The van der Waals surface area contributed by atoms with Crippen molar-refractivity contribution in [3.8, 4) is 0 Å². The number of hydrogen-bond donors (Lipinski definition) is 3. The lowest BCUT2D eigenvalue weighted by molar-refractivity contribution is -0.172. The van der Waals surface area contributed by atoms with Gasteiger partial charge in [0.05, 0.1) is 12.4 Å². The third-order valence-corrected chi connectivity index (χ3v) is 6.72. The van der Waals surface area contributed by atoms with Gasteiger partial charge in [0.2, 0.25) is 11.8 Å². The van der Waals surface area contributed by atoms with Gasteiger partial charge in [-0.25, -0.2) is 14.5 Å². The fraction of sp³-hybridized carbons (Fsp3) is 0.714. The van der Waals surface area contributed by atoms with E-state index in [1.807, 2.05) is 20.8 Å². The molecule has 1 fully saturated rings. The predicted molar refractivity (Wildman–Crippen MR) is 130 cm³/mol. The van der Waals surface area contributed by atoms with Crippen LogP contribution in [-0.4, -0.2) is 62.8 Å². The number of nitrogens with zero attached hydrogens (tertiary/aromatic N) is 4. The monoisotopic (exact) mass is 515 g/mol. The molecule has 5 atom stereocenters. The SMILES string of the molecule is CC(C)Nc1nc(N)nc2c1ncn2[C@@H]1O[C@](F)(CO[P@](C)(=O)N[C@@H](C)C(=O)OC(C)C)C[C@@H]1C. The molecule has 1 aliphatic heterocycles. The predicted octanol–water partition coefficient (Wildman–Crippen LogP) is 3.22. The van der Waals surface area contributed by atoms with Crippen molar-refractivity contribution >= 4 is 36.4 Å². The number of nitrogens with two attached hydrogens (primary N) is 1. The molecule has 0 radical (unpaired) electrons. The minimum absolute atomic E-state index is 0.0139. The summed E-state index contributed by atoms with van der Waals surface area (Å²) in [6, 6.07) is -0.806. The summed E-state index contributed by atoms with van der Waals surface area (Å²) in [7, 11) is -3.54. The van der Waals surface area contributed by atoms with Crippen molar-refractivity contribution in [1.82, 2.24) is 24.6 Å². The molecule has 3 heterocycles. The highest BCUT2D eigenvalue weighted by atomic mass is 31.2. The highest BCUT2D eigenvalue weighted by molar-refractivity contribution is 7.56. The van der Waals surface area contributed by atoms with Gasteiger partial charge < -0.3 is 25.0 Å². The number of nitrogen functional groups attached to an aromatic ring is 1.